The normalized spacial score (nSPS) is 17.7. The number of carbonyl (C=O) groups is 1. The summed E-state index contributed by atoms with van der Waals surface area (Å²) >= 11 is 1.45. The van der Waals surface area contributed by atoms with Gasteiger partial charge in [-0.25, -0.2) is 0 Å². The first-order valence-corrected chi connectivity index (χ1v) is 7.01. The van der Waals surface area contributed by atoms with E-state index in [1.807, 2.05) is 0 Å². The maximum Gasteiger partial charge on any atom is 0.229 e. The molecular weight excluding hydrogens is 250 g/mol. The van der Waals surface area contributed by atoms with Crippen molar-refractivity contribution in [1.82, 2.24) is 10.2 Å². The minimum atomic E-state index is -0.0284. The Bertz CT molecular complexity index is 419. The van der Waals surface area contributed by atoms with Crippen molar-refractivity contribution in [3.05, 3.63) is 5.01 Å². The van der Waals surface area contributed by atoms with Crippen molar-refractivity contribution in [1.29, 1.82) is 0 Å². The highest BCUT2D eigenvalue weighted by Crippen LogP contribution is 2.28. The monoisotopic (exact) mass is 269 g/mol. The molecule has 1 N–H and O–H groups in total. The molecule has 0 unspecified atom stereocenters. The van der Waals surface area contributed by atoms with Crippen LogP contribution in [-0.4, -0.2) is 29.3 Å². The number of hydrogen-bond donors (Lipinski definition) is 1. The third-order valence-corrected chi connectivity index (χ3v) is 4.15. The predicted molar refractivity (Wildman–Crippen MR) is 70.8 cm³/mol. The summed E-state index contributed by atoms with van der Waals surface area (Å²) in [5.74, 6) is 0.0793. The first-order chi connectivity index (χ1) is 8.47. The largest absolute Gasteiger partial charge is 0.381 e. The lowest BCUT2D eigenvalue weighted by atomic mass is 9.98. The van der Waals surface area contributed by atoms with Gasteiger partial charge in [0.1, 0.15) is 5.01 Å². The average molecular weight is 269 g/mol. The Morgan fingerprint density at radius 1 is 1.33 bits per heavy atom. The molecule has 18 heavy (non-hydrogen) atoms. The Hall–Kier alpha value is -1.01. The van der Waals surface area contributed by atoms with Gasteiger partial charge >= 0.3 is 0 Å². The molecule has 1 saturated heterocycles. The Labute approximate surface area is 111 Å². The molecule has 1 amide bonds. The Balaban J connectivity index is 1.96. The predicted octanol–water partition coefficient (Wildman–Crippen LogP) is 2.20. The summed E-state index contributed by atoms with van der Waals surface area (Å²) in [6.45, 7) is 7.58. The molecule has 0 bridgehead atoms. The van der Waals surface area contributed by atoms with Crippen molar-refractivity contribution in [3.8, 4) is 0 Å². The zero-order valence-electron chi connectivity index (χ0n) is 11.0. The molecule has 2 heterocycles. The third-order valence-electron chi connectivity index (χ3n) is 2.89. The van der Waals surface area contributed by atoms with Crippen LogP contribution in [0.2, 0.25) is 0 Å². The van der Waals surface area contributed by atoms with Gasteiger partial charge in [0, 0.05) is 24.5 Å². The molecule has 1 aromatic rings. The smallest absolute Gasteiger partial charge is 0.229 e. The van der Waals surface area contributed by atoms with E-state index in [0.29, 0.717) is 18.3 Å². The van der Waals surface area contributed by atoms with E-state index in [9.17, 15) is 4.79 Å². The van der Waals surface area contributed by atoms with Crippen LogP contribution < -0.4 is 5.32 Å². The molecule has 6 heteroatoms. The molecule has 0 radical (unpaired) electrons. The zero-order chi connectivity index (χ0) is 13.2. The lowest BCUT2D eigenvalue weighted by Gasteiger charge is -2.20. The average Bonchev–Trinajstić information content (AvgIpc) is 2.78. The fourth-order valence-corrected chi connectivity index (χ4v) is 2.55. The molecule has 0 aromatic carbocycles. The van der Waals surface area contributed by atoms with Gasteiger partial charge in [0.2, 0.25) is 11.0 Å². The van der Waals surface area contributed by atoms with E-state index in [1.165, 1.54) is 11.3 Å². The molecule has 0 saturated carbocycles. The van der Waals surface area contributed by atoms with Gasteiger partial charge in [0.15, 0.2) is 0 Å². The molecule has 1 aliphatic heterocycles. The Morgan fingerprint density at radius 3 is 2.56 bits per heavy atom. The van der Waals surface area contributed by atoms with Gasteiger partial charge < -0.3 is 10.1 Å². The van der Waals surface area contributed by atoms with Gasteiger partial charge in [0.05, 0.1) is 0 Å². The van der Waals surface area contributed by atoms with E-state index in [-0.39, 0.29) is 17.2 Å². The second-order valence-electron chi connectivity index (χ2n) is 5.54. The topological polar surface area (TPSA) is 64.1 Å². The molecular formula is C12H19N3O2S. The summed E-state index contributed by atoms with van der Waals surface area (Å²) in [6, 6.07) is 0. The van der Waals surface area contributed by atoms with Gasteiger partial charge in [0.25, 0.3) is 0 Å². The lowest BCUT2D eigenvalue weighted by molar-refractivity contribution is -0.122. The highest BCUT2D eigenvalue weighted by molar-refractivity contribution is 7.15. The molecule has 0 spiro atoms. The van der Waals surface area contributed by atoms with Crippen LogP contribution in [0.1, 0.15) is 38.6 Å². The summed E-state index contributed by atoms with van der Waals surface area (Å²) < 4.78 is 5.24. The molecule has 0 atom stereocenters. The van der Waals surface area contributed by atoms with Gasteiger partial charge in [-0.15, -0.1) is 10.2 Å². The summed E-state index contributed by atoms with van der Waals surface area (Å²) in [5.41, 5.74) is -0.0284. The number of aromatic nitrogens is 2. The standard InChI is InChI=1S/C12H19N3O2S/c1-12(2,3)10-14-15-11(18-10)13-9(16)8-4-6-17-7-5-8/h8H,4-7H2,1-3H3,(H,13,15,16). The number of nitrogens with one attached hydrogen (secondary N) is 1. The number of hydrogen-bond acceptors (Lipinski definition) is 5. The number of rotatable bonds is 2. The van der Waals surface area contributed by atoms with E-state index >= 15 is 0 Å². The van der Waals surface area contributed by atoms with Crippen LogP contribution in [0.5, 0.6) is 0 Å². The number of carbonyl (C=O) groups excluding carboxylic acids is 1. The summed E-state index contributed by atoms with van der Waals surface area (Å²) in [5, 5.41) is 12.5. The van der Waals surface area contributed by atoms with Crippen LogP contribution in [0.15, 0.2) is 0 Å². The molecule has 5 nitrogen and oxygen atoms in total. The van der Waals surface area contributed by atoms with Crippen molar-refractivity contribution < 1.29 is 9.53 Å². The first kappa shape index (κ1) is 13.4. The van der Waals surface area contributed by atoms with Crippen LogP contribution in [-0.2, 0) is 14.9 Å². The van der Waals surface area contributed by atoms with Crippen molar-refractivity contribution in [3.63, 3.8) is 0 Å². The molecule has 1 aromatic heterocycles. The van der Waals surface area contributed by atoms with Crippen molar-refractivity contribution in [2.24, 2.45) is 5.92 Å². The minimum absolute atomic E-state index is 0.0284. The lowest BCUT2D eigenvalue weighted by Crippen LogP contribution is -2.28. The summed E-state index contributed by atoms with van der Waals surface area (Å²) in [4.78, 5) is 12.0. The van der Waals surface area contributed by atoms with E-state index < -0.39 is 0 Å². The number of ether oxygens (including phenoxy) is 1. The van der Waals surface area contributed by atoms with Gasteiger partial charge in [-0.2, -0.15) is 0 Å². The summed E-state index contributed by atoms with van der Waals surface area (Å²) in [7, 11) is 0. The molecule has 0 aliphatic carbocycles. The number of amides is 1. The fraction of sp³-hybridized carbons (Fsp3) is 0.750. The van der Waals surface area contributed by atoms with Crippen LogP contribution in [0.25, 0.3) is 0 Å². The van der Waals surface area contributed by atoms with Gasteiger partial charge in [-0.1, -0.05) is 32.1 Å². The number of nitrogens with zero attached hydrogens (tertiary/aromatic N) is 2. The van der Waals surface area contributed by atoms with Crippen molar-refractivity contribution in [2.45, 2.75) is 39.0 Å². The fourth-order valence-electron chi connectivity index (χ4n) is 1.74. The van der Waals surface area contributed by atoms with Crippen molar-refractivity contribution in [2.75, 3.05) is 18.5 Å². The second-order valence-corrected chi connectivity index (χ2v) is 6.52. The van der Waals surface area contributed by atoms with Crippen LogP contribution in [0.4, 0.5) is 5.13 Å². The maximum atomic E-state index is 12.0. The quantitative estimate of drug-likeness (QED) is 0.894. The molecule has 1 aliphatic rings. The summed E-state index contributed by atoms with van der Waals surface area (Å²) in [6.07, 6.45) is 1.58. The highest BCUT2D eigenvalue weighted by atomic mass is 32.1. The van der Waals surface area contributed by atoms with Gasteiger partial charge in [-0.05, 0) is 12.8 Å². The highest BCUT2D eigenvalue weighted by Gasteiger charge is 2.24. The van der Waals surface area contributed by atoms with Crippen LogP contribution in [0.3, 0.4) is 0 Å². The minimum Gasteiger partial charge on any atom is -0.381 e. The van der Waals surface area contributed by atoms with Gasteiger partial charge in [-0.3, -0.25) is 4.79 Å². The Kier molecular flexibility index (Phi) is 3.97. The SMILES string of the molecule is CC(C)(C)c1nnc(NC(=O)C2CCOCC2)s1. The van der Waals surface area contributed by atoms with E-state index in [4.69, 9.17) is 4.74 Å². The van der Waals surface area contributed by atoms with Crippen LogP contribution >= 0.6 is 11.3 Å². The Morgan fingerprint density at radius 2 is 2.00 bits per heavy atom. The van der Waals surface area contributed by atoms with E-state index in [2.05, 4.69) is 36.3 Å². The molecule has 1 fully saturated rings. The van der Waals surface area contributed by atoms with E-state index in [0.717, 1.165) is 17.8 Å². The number of anilines is 1. The van der Waals surface area contributed by atoms with Crippen molar-refractivity contribution >= 4 is 22.4 Å². The zero-order valence-corrected chi connectivity index (χ0v) is 11.8. The second kappa shape index (κ2) is 5.32. The van der Waals surface area contributed by atoms with E-state index in [1.54, 1.807) is 0 Å². The van der Waals surface area contributed by atoms with Crippen LogP contribution in [0, 0.1) is 5.92 Å². The molecule has 2 rings (SSSR count). The molecule has 100 valence electrons. The third kappa shape index (κ3) is 3.26. The first-order valence-electron chi connectivity index (χ1n) is 6.19. The maximum absolute atomic E-state index is 12.0.